The summed E-state index contributed by atoms with van der Waals surface area (Å²) in [6.07, 6.45) is 0. The molecule has 6 heteroatoms. The third-order valence-corrected chi connectivity index (χ3v) is 10.9. The summed E-state index contributed by atoms with van der Waals surface area (Å²) >= 11 is 0. The van der Waals surface area contributed by atoms with Crippen molar-refractivity contribution < 1.29 is 0 Å². The van der Waals surface area contributed by atoms with Crippen molar-refractivity contribution in [1.29, 1.82) is 10.5 Å². The van der Waals surface area contributed by atoms with Gasteiger partial charge >= 0.3 is 0 Å². The van der Waals surface area contributed by atoms with Gasteiger partial charge in [0.15, 0.2) is 5.82 Å². The van der Waals surface area contributed by atoms with Crippen LogP contribution in [0.2, 0.25) is 0 Å². The number of hydrogen-bond donors (Lipinski definition) is 0. The highest BCUT2D eigenvalue weighted by atomic mass is 15.1. The van der Waals surface area contributed by atoms with Crippen molar-refractivity contribution in [2.45, 2.75) is 0 Å². The highest BCUT2D eigenvalue weighted by Crippen LogP contribution is 2.40. The van der Waals surface area contributed by atoms with Gasteiger partial charge in [0.2, 0.25) is 0 Å². The Hall–Kier alpha value is -8.58. The van der Waals surface area contributed by atoms with Gasteiger partial charge in [0, 0.05) is 50.2 Å². The smallest absolute Gasteiger partial charge is 0.161 e. The summed E-state index contributed by atoms with van der Waals surface area (Å²) in [4.78, 5) is 12.1. The zero-order valence-corrected chi connectivity index (χ0v) is 32.3. The normalized spacial score (nSPS) is 11.0. The minimum atomic E-state index is 0.429. The highest BCUT2D eigenvalue weighted by Gasteiger charge is 2.18. The number of anilines is 3. The Labute approximate surface area is 347 Å². The standard InChI is InChI=1S/C54H34N6/c55-35-40-13-7-9-19-46(40)51-34-50(57-54(58-51)47-20-10-8-14-41(47)36-56)39-25-23-37(24-26-39)38-27-29-44(30-28-38)60-52-22-12-11-21-48(52)49-33-45(31-32-53(49)60)59(42-15-3-1-4-16-42)43-17-5-2-6-18-43/h1-34H. The molecule has 0 bridgehead atoms. The van der Waals surface area contributed by atoms with Gasteiger partial charge in [-0.3, -0.25) is 0 Å². The van der Waals surface area contributed by atoms with Gasteiger partial charge in [-0.25, -0.2) is 9.97 Å². The van der Waals surface area contributed by atoms with E-state index in [0.29, 0.717) is 39.5 Å². The van der Waals surface area contributed by atoms with E-state index in [1.54, 1.807) is 12.1 Å². The number of benzene rings is 8. The summed E-state index contributed by atoms with van der Waals surface area (Å²) in [5, 5.41) is 22.2. The number of para-hydroxylation sites is 3. The van der Waals surface area contributed by atoms with Gasteiger partial charge in [-0.05, 0) is 96.1 Å². The minimum Gasteiger partial charge on any atom is -0.310 e. The van der Waals surface area contributed by atoms with Crippen LogP contribution >= 0.6 is 0 Å². The summed E-state index contributed by atoms with van der Waals surface area (Å²) < 4.78 is 2.34. The number of nitriles is 2. The van der Waals surface area contributed by atoms with Crippen LogP contribution in [0.25, 0.3) is 72.5 Å². The Balaban J connectivity index is 1.00. The zero-order chi connectivity index (χ0) is 40.4. The van der Waals surface area contributed by atoms with Crippen molar-refractivity contribution in [3.63, 3.8) is 0 Å². The quantitative estimate of drug-likeness (QED) is 0.154. The van der Waals surface area contributed by atoms with Gasteiger partial charge < -0.3 is 9.47 Å². The van der Waals surface area contributed by atoms with Crippen LogP contribution < -0.4 is 4.90 Å². The lowest BCUT2D eigenvalue weighted by Crippen LogP contribution is -2.09. The molecule has 0 aliphatic rings. The fourth-order valence-corrected chi connectivity index (χ4v) is 8.05. The van der Waals surface area contributed by atoms with Crippen molar-refractivity contribution >= 4 is 38.9 Å². The fraction of sp³-hybridized carbons (Fsp3) is 0. The molecule has 0 amide bonds. The molecule has 0 aliphatic carbocycles. The van der Waals surface area contributed by atoms with Crippen LogP contribution in [0, 0.1) is 22.7 Å². The molecule has 0 spiro atoms. The molecule has 280 valence electrons. The summed E-state index contributed by atoms with van der Waals surface area (Å²) in [5.74, 6) is 0.429. The van der Waals surface area contributed by atoms with Crippen molar-refractivity contribution in [2.24, 2.45) is 0 Å². The Morgan fingerprint density at radius 1 is 0.400 bits per heavy atom. The van der Waals surface area contributed by atoms with Crippen molar-refractivity contribution in [3.05, 3.63) is 217 Å². The first-order chi connectivity index (χ1) is 29.7. The SMILES string of the molecule is N#Cc1ccccc1-c1cc(-c2ccc(-c3ccc(-n4c5ccccc5c5cc(N(c6ccccc6)c6ccccc6)ccc54)cc3)cc2)nc(-c2ccccc2C#N)n1. The van der Waals surface area contributed by atoms with Gasteiger partial charge in [0.1, 0.15) is 0 Å². The maximum absolute atomic E-state index is 9.90. The third-order valence-electron chi connectivity index (χ3n) is 10.9. The van der Waals surface area contributed by atoms with E-state index in [1.165, 1.54) is 10.8 Å². The summed E-state index contributed by atoms with van der Waals surface area (Å²) in [7, 11) is 0. The van der Waals surface area contributed by atoms with E-state index in [-0.39, 0.29) is 0 Å². The second kappa shape index (κ2) is 15.4. The molecule has 0 unspecified atom stereocenters. The molecule has 0 radical (unpaired) electrons. The predicted octanol–water partition coefficient (Wildman–Crippen LogP) is 13.5. The first-order valence-electron chi connectivity index (χ1n) is 19.7. The van der Waals surface area contributed by atoms with Crippen molar-refractivity contribution in [3.8, 4) is 62.9 Å². The molecular formula is C54H34N6. The number of rotatable bonds is 8. The molecule has 2 heterocycles. The van der Waals surface area contributed by atoms with E-state index >= 15 is 0 Å². The second-order valence-electron chi connectivity index (χ2n) is 14.5. The van der Waals surface area contributed by atoms with E-state index < -0.39 is 0 Å². The molecule has 60 heavy (non-hydrogen) atoms. The zero-order valence-electron chi connectivity index (χ0n) is 32.3. The lowest BCUT2D eigenvalue weighted by molar-refractivity contribution is 1.18. The summed E-state index contributed by atoms with van der Waals surface area (Å²) in [5.41, 5.74) is 13.4. The molecule has 0 saturated carbocycles. The number of nitrogens with zero attached hydrogens (tertiary/aromatic N) is 6. The predicted molar refractivity (Wildman–Crippen MR) is 242 cm³/mol. The van der Waals surface area contributed by atoms with E-state index in [2.05, 4.69) is 161 Å². The monoisotopic (exact) mass is 766 g/mol. The Morgan fingerprint density at radius 3 is 1.58 bits per heavy atom. The van der Waals surface area contributed by atoms with E-state index in [0.717, 1.165) is 50.5 Å². The second-order valence-corrected chi connectivity index (χ2v) is 14.5. The molecule has 10 aromatic rings. The largest absolute Gasteiger partial charge is 0.310 e. The lowest BCUT2D eigenvalue weighted by Gasteiger charge is -2.25. The minimum absolute atomic E-state index is 0.429. The van der Waals surface area contributed by atoms with Crippen LogP contribution in [0.15, 0.2) is 206 Å². The van der Waals surface area contributed by atoms with E-state index in [9.17, 15) is 10.5 Å². The summed E-state index contributed by atoms with van der Waals surface area (Å²) in [6.45, 7) is 0. The van der Waals surface area contributed by atoms with Crippen LogP contribution in [0.3, 0.4) is 0 Å². The average Bonchev–Trinajstić information content (AvgIpc) is 3.66. The maximum Gasteiger partial charge on any atom is 0.161 e. The van der Waals surface area contributed by atoms with Gasteiger partial charge in [0.25, 0.3) is 0 Å². The molecule has 2 aromatic heterocycles. The molecule has 10 rings (SSSR count). The van der Waals surface area contributed by atoms with Gasteiger partial charge in [-0.2, -0.15) is 10.5 Å². The molecule has 8 aromatic carbocycles. The summed E-state index contributed by atoms with van der Waals surface area (Å²) in [6, 6.07) is 74.6. The van der Waals surface area contributed by atoms with E-state index in [4.69, 9.17) is 9.97 Å². The molecule has 0 aliphatic heterocycles. The molecule has 0 atom stereocenters. The fourth-order valence-electron chi connectivity index (χ4n) is 8.05. The molecule has 6 nitrogen and oxygen atoms in total. The molecule has 0 saturated heterocycles. The number of fused-ring (bicyclic) bond motifs is 3. The van der Waals surface area contributed by atoms with Crippen LogP contribution in [0.4, 0.5) is 17.1 Å². The third kappa shape index (κ3) is 6.51. The maximum atomic E-state index is 9.90. The van der Waals surface area contributed by atoms with E-state index in [1.807, 2.05) is 54.6 Å². The van der Waals surface area contributed by atoms with Crippen molar-refractivity contribution in [2.75, 3.05) is 4.90 Å². The van der Waals surface area contributed by atoms with Crippen LogP contribution in [0.5, 0.6) is 0 Å². The number of hydrogen-bond acceptors (Lipinski definition) is 5. The Morgan fingerprint density at radius 2 is 0.917 bits per heavy atom. The van der Waals surface area contributed by atoms with Crippen LogP contribution in [-0.2, 0) is 0 Å². The van der Waals surface area contributed by atoms with Gasteiger partial charge in [-0.15, -0.1) is 0 Å². The Bertz CT molecular complexity index is 3150. The molecule has 0 N–H and O–H groups in total. The van der Waals surface area contributed by atoms with Crippen molar-refractivity contribution in [1.82, 2.24) is 14.5 Å². The Kier molecular flexibility index (Phi) is 9.19. The first kappa shape index (κ1) is 35.8. The lowest BCUT2D eigenvalue weighted by atomic mass is 10.00. The average molecular weight is 767 g/mol. The van der Waals surface area contributed by atoms with Crippen LogP contribution in [0.1, 0.15) is 11.1 Å². The van der Waals surface area contributed by atoms with Gasteiger partial charge in [0.05, 0.1) is 45.7 Å². The first-order valence-corrected chi connectivity index (χ1v) is 19.7. The topological polar surface area (TPSA) is 81.5 Å². The highest BCUT2D eigenvalue weighted by molar-refractivity contribution is 6.10. The molecule has 0 fully saturated rings. The van der Waals surface area contributed by atoms with Crippen LogP contribution in [-0.4, -0.2) is 14.5 Å². The molecular weight excluding hydrogens is 733 g/mol. The number of aromatic nitrogens is 3. The van der Waals surface area contributed by atoms with Gasteiger partial charge in [-0.1, -0.05) is 121 Å².